The van der Waals surface area contributed by atoms with Gasteiger partial charge in [-0.2, -0.15) is 0 Å². The zero-order valence-electron chi connectivity index (χ0n) is 10.7. The fourth-order valence-corrected chi connectivity index (χ4v) is 4.70. The van der Waals surface area contributed by atoms with Crippen LogP contribution in [-0.2, 0) is 16.6 Å². The number of nitrogens with two attached hydrogens (primary N) is 1. The van der Waals surface area contributed by atoms with Crippen molar-refractivity contribution in [3.8, 4) is 0 Å². The van der Waals surface area contributed by atoms with Crippen molar-refractivity contribution in [2.45, 2.75) is 49.6 Å². The summed E-state index contributed by atoms with van der Waals surface area (Å²) in [6, 6.07) is 5.25. The molecule has 0 atom stereocenters. The Labute approximate surface area is 122 Å². The predicted octanol–water partition coefficient (Wildman–Crippen LogP) is 2.52. The average molecular weight is 347 g/mol. The van der Waals surface area contributed by atoms with Gasteiger partial charge in [-0.1, -0.05) is 25.3 Å². The number of hydrogen-bond donors (Lipinski definition) is 2. The van der Waals surface area contributed by atoms with Crippen LogP contribution < -0.4 is 10.5 Å². The molecule has 0 bridgehead atoms. The smallest absolute Gasteiger partial charge is 0.241 e. The Kier molecular flexibility index (Phi) is 5.00. The van der Waals surface area contributed by atoms with Gasteiger partial charge in [0.25, 0.3) is 0 Å². The summed E-state index contributed by atoms with van der Waals surface area (Å²) in [7, 11) is -3.48. The Hall–Kier alpha value is -0.430. The van der Waals surface area contributed by atoms with Crippen molar-refractivity contribution in [3.63, 3.8) is 0 Å². The summed E-state index contributed by atoms with van der Waals surface area (Å²) < 4.78 is 28.2. The zero-order chi connectivity index (χ0) is 13.9. The van der Waals surface area contributed by atoms with E-state index in [4.69, 9.17) is 5.73 Å². The largest absolute Gasteiger partial charge is 0.326 e. The molecule has 1 fully saturated rings. The van der Waals surface area contributed by atoms with Crippen LogP contribution in [0.3, 0.4) is 0 Å². The normalized spacial score (nSPS) is 17.6. The highest BCUT2D eigenvalue weighted by Crippen LogP contribution is 2.25. The van der Waals surface area contributed by atoms with Crippen molar-refractivity contribution in [1.29, 1.82) is 0 Å². The summed E-state index contributed by atoms with van der Waals surface area (Å²) in [5.74, 6) is 0. The summed E-state index contributed by atoms with van der Waals surface area (Å²) in [5, 5.41) is 0. The first-order valence-electron chi connectivity index (χ1n) is 6.54. The van der Waals surface area contributed by atoms with Crippen molar-refractivity contribution in [2.24, 2.45) is 5.73 Å². The molecule has 1 aliphatic rings. The van der Waals surface area contributed by atoms with E-state index in [1.807, 2.05) is 6.07 Å². The number of rotatable bonds is 4. The van der Waals surface area contributed by atoms with Crippen LogP contribution in [0, 0.1) is 0 Å². The molecule has 0 amide bonds. The van der Waals surface area contributed by atoms with Gasteiger partial charge in [0.1, 0.15) is 0 Å². The molecule has 0 aromatic heterocycles. The molecule has 1 aromatic carbocycles. The molecular weight excluding hydrogens is 328 g/mol. The van der Waals surface area contributed by atoms with Gasteiger partial charge in [0.15, 0.2) is 0 Å². The van der Waals surface area contributed by atoms with E-state index in [1.54, 1.807) is 12.1 Å². The topological polar surface area (TPSA) is 72.2 Å². The molecule has 1 saturated carbocycles. The third kappa shape index (κ3) is 3.78. The minimum atomic E-state index is -3.48. The summed E-state index contributed by atoms with van der Waals surface area (Å²) in [5.41, 5.74) is 6.38. The number of sulfonamides is 1. The van der Waals surface area contributed by atoms with Crippen LogP contribution in [-0.4, -0.2) is 14.5 Å². The molecule has 0 radical (unpaired) electrons. The highest BCUT2D eigenvalue weighted by molar-refractivity contribution is 9.10. The fourth-order valence-electron chi connectivity index (χ4n) is 2.38. The maximum absolute atomic E-state index is 12.4. The van der Waals surface area contributed by atoms with E-state index >= 15 is 0 Å². The van der Waals surface area contributed by atoms with E-state index < -0.39 is 10.0 Å². The molecule has 0 saturated heterocycles. The molecule has 1 aliphatic carbocycles. The first-order valence-corrected chi connectivity index (χ1v) is 8.81. The van der Waals surface area contributed by atoms with Gasteiger partial charge in [0.05, 0.1) is 4.90 Å². The third-order valence-electron chi connectivity index (χ3n) is 3.45. The van der Waals surface area contributed by atoms with Crippen molar-refractivity contribution in [3.05, 3.63) is 28.2 Å². The lowest BCUT2D eigenvalue weighted by Gasteiger charge is -2.23. The van der Waals surface area contributed by atoms with Crippen LogP contribution in [0.1, 0.15) is 37.7 Å². The van der Waals surface area contributed by atoms with E-state index in [0.29, 0.717) is 11.0 Å². The Morgan fingerprint density at radius 1 is 1.26 bits per heavy atom. The molecular formula is C13H19BrN2O2S. The number of hydrogen-bond acceptors (Lipinski definition) is 3. The quantitative estimate of drug-likeness (QED) is 0.879. The van der Waals surface area contributed by atoms with E-state index in [9.17, 15) is 8.42 Å². The standard InChI is InChI=1S/C13H19BrN2O2S/c14-12-7-6-10(9-15)8-13(12)19(17,18)16-11-4-2-1-3-5-11/h6-8,11,16H,1-5,9,15H2. The number of halogens is 1. The van der Waals surface area contributed by atoms with E-state index in [1.165, 1.54) is 6.42 Å². The van der Waals surface area contributed by atoms with Gasteiger partial charge >= 0.3 is 0 Å². The van der Waals surface area contributed by atoms with Gasteiger partial charge in [-0.05, 0) is 46.5 Å². The molecule has 2 rings (SSSR count). The molecule has 0 heterocycles. The minimum Gasteiger partial charge on any atom is -0.326 e. The highest BCUT2D eigenvalue weighted by Gasteiger charge is 2.23. The van der Waals surface area contributed by atoms with Gasteiger partial charge in [-0.15, -0.1) is 0 Å². The van der Waals surface area contributed by atoms with Gasteiger partial charge in [0, 0.05) is 17.1 Å². The molecule has 0 spiro atoms. The van der Waals surface area contributed by atoms with Crippen molar-refractivity contribution in [1.82, 2.24) is 4.72 Å². The molecule has 4 nitrogen and oxygen atoms in total. The number of benzene rings is 1. The zero-order valence-corrected chi connectivity index (χ0v) is 13.1. The Balaban J connectivity index is 2.23. The lowest BCUT2D eigenvalue weighted by molar-refractivity contribution is 0.412. The van der Waals surface area contributed by atoms with Gasteiger partial charge < -0.3 is 5.73 Å². The van der Waals surface area contributed by atoms with Crippen LogP contribution in [0.25, 0.3) is 0 Å². The van der Waals surface area contributed by atoms with Crippen LogP contribution in [0.15, 0.2) is 27.6 Å². The van der Waals surface area contributed by atoms with Crippen LogP contribution >= 0.6 is 15.9 Å². The lowest BCUT2D eigenvalue weighted by Crippen LogP contribution is -2.36. The second-order valence-electron chi connectivity index (χ2n) is 4.93. The van der Waals surface area contributed by atoms with Gasteiger partial charge in [-0.25, -0.2) is 13.1 Å². The van der Waals surface area contributed by atoms with Crippen molar-refractivity contribution in [2.75, 3.05) is 0 Å². The molecule has 1 aromatic rings. The van der Waals surface area contributed by atoms with Crippen molar-refractivity contribution >= 4 is 26.0 Å². The predicted molar refractivity (Wildman–Crippen MR) is 79.2 cm³/mol. The maximum atomic E-state index is 12.4. The first-order chi connectivity index (χ1) is 9.03. The summed E-state index contributed by atoms with van der Waals surface area (Å²) in [6.07, 6.45) is 5.24. The SMILES string of the molecule is NCc1ccc(Br)c(S(=O)(=O)NC2CCCCC2)c1. The average Bonchev–Trinajstić information content (AvgIpc) is 2.39. The van der Waals surface area contributed by atoms with Crippen molar-refractivity contribution < 1.29 is 8.42 Å². The molecule has 0 aliphatic heterocycles. The van der Waals surface area contributed by atoms with Crippen LogP contribution in [0.4, 0.5) is 0 Å². The summed E-state index contributed by atoms with van der Waals surface area (Å²) in [6.45, 7) is 0.333. The summed E-state index contributed by atoms with van der Waals surface area (Å²) in [4.78, 5) is 0.279. The summed E-state index contributed by atoms with van der Waals surface area (Å²) >= 11 is 3.30. The van der Waals surface area contributed by atoms with E-state index in [-0.39, 0.29) is 10.9 Å². The lowest BCUT2D eigenvalue weighted by atomic mass is 9.96. The molecule has 3 N–H and O–H groups in total. The molecule has 6 heteroatoms. The van der Waals surface area contributed by atoms with Crippen LogP contribution in [0.2, 0.25) is 0 Å². The minimum absolute atomic E-state index is 0.0622. The second-order valence-corrected chi connectivity index (χ2v) is 7.46. The Morgan fingerprint density at radius 3 is 2.58 bits per heavy atom. The maximum Gasteiger partial charge on any atom is 0.241 e. The monoisotopic (exact) mass is 346 g/mol. The van der Waals surface area contributed by atoms with Gasteiger partial charge in [0.2, 0.25) is 10.0 Å². The Bertz CT molecular complexity index is 540. The molecule has 0 unspecified atom stereocenters. The number of nitrogens with one attached hydrogen (secondary N) is 1. The van der Waals surface area contributed by atoms with Crippen LogP contribution in [0.5, 0.6) is 0 Å². The third-order valence-corrected chi connectivity index (χ3v) is 5.96. The van der Waals surface area contributed by atoms with Gasteiger partial charge in [-0.3, -0.25) is 0 Å². The second kappa shape index (κ2) is 6.35. The van der Waals surface area contributed by atoms with E-state index in [0.717, 1.165) is 31.2 Å². The Morgan fingerprint density at radius 2 is 1.95 bits per heavy atom. The fraction of sp³-hybridized carbons (Fsp3) is 0.538. The highest BCUT2D eigenvalue weighted by atomic mass is 79.9. The first kappa shape index (κ1) is 15.0. The molecule has 106 valence electrons. The molecule has 19 heavy (non-hydrogen) atoms. The van der Waals surface area contributed by atoms with E-state index in [2.05, 4.69) is 20.7 Å².